The largest absolute Gasteiger partial charge is 0.457 e. The van der Waals surface area contributed by atoms with Gasteiger partial charge in [0.05, 0.1) is 5.69 Å². The van der Waals surface area contributed by atoms with Crippen LogP contribution in [-0.4, -0.2) is 47.0 Å². The van der Waals surface area contributed by atoms with Crippen molar-refractivity contribution in [3.8, 4) is 22.8 Å². The molecule has 3 aromatic carbocycles. The zero-order valence-corrected chi connectivity index (χ0v) is 20.0. The quantitative estimate of drug-likeness (QED) is 0.374. The number of nitrogens with zero attached hydrogens (tertiary/aromatic N) is 4. The van der Waals surface area contributed by atoms with E-state index >= 15 is 0 Å². The summed E-state index contributed by atoms with van der Waals surface area (Å²) in [4.78, 5) is 26.6. The van der Waals surface area contributed by atoms with Crippen LogP contribution in [-0.2, 0) is 4.79 Å². The molecule has 0 spiro atoms. The van der Waals surface area contributed by atoms with Gasteiger partial charge in [-0.2, -0.15) is 0 Å². The number of amides is 1. The lowest BCUT2D eigenvalue weighted by molar-refractivity contribution is -0.133. The van der Waals surface area contributed by atoms with Gasteiger partial charge in [0.25, 0.3) is 0 Å². The second-order valence-corrected chi connectivity index (χ2v) is 9.35. The van der Waals surface area contributed by atoms with Gasteiger partial charge in [-0.1, -0.05) is 48.5 Å². The van der Waals surface area contributed by atoms with Crippen molar-refractivity contribution in [1.82, 2.24) is 14.9 Å². The molecule has 180 valence electrons. The van der Waals surface area contributed by atoms with Crippen LogP contribution in [0.1, 0.15) is 17.9 Å². The lowest BCUT2D eigenvalue weighted by Gasteiger charge is -2.35. The second kappa shape index (κ2) is 9.82. The Balaban J connectivity index is 1.06. The van der Waals surface area contributed by atoms with Crippen molar-refractivity contribution in [2.24, 2.45) is 5.92 Å². The first-order valence-electron chi connectivity index (χ1n) is 12.5. The van der Waals surface area contributed by atoms with Crippen molar-refractivity contribution in [1.29, 1.82) is 0 Å². The van der Waals surface area contributed by atoms with E-state index in [2.05, 4.69) is 34.1 Å². The molecule has 1 saturated heterocycles. The number of ether oxygens (including phenoxy) is 1. The monoisotopic (exact) mass is 476 g/mol. The van der Waals surface area contributed by atoms with Gasteiger partial charge in [-0.25, -0.2) is 9.97 Å². The molecule has 0 N–H and O–H groups in total. The maximum atomic E-state index is 13.0. The molecule has 1 saturated carbocycles. The van der Waals surface area contributed by atoms with Crippen molar-refractivity contribution in [3.63, 3.8) is 0 Å². The second-order valence-electron chi connectivity index (χ2n) is 9.35. The Bertz CT molecular complexity index is 1320. The number of carbonyl (C=O) groups excluding carboxylic acids is 1. The van der Waals surface area contributed by atoms with Crippen LogP contribution in [0, 0.1) is 5.92 Å². The molecule has 1 aliphatic heterocycles. The highest BCUT2D eigenvalue weighted by Crippen LogP contribution is 2.48. The zero-order valence-electron chi connectivity index (χ0n) is 20.0. The maximum absolute atomic E-state index is 13.0. The highest BCUT2D eigenvalue weighted by atomic mass is 16.5. The Hall–Kier alpha value is -4.19. The Morgan fingerprint density at radius 3 is 2.17 bits per heavy atom. The van der Waals surface area contributed by atoms with Gasteiger partial charge in [0.15, 0.2) is 0 Å². The van der Waals surface area contributed by atoms with Crippen LogP contribution in [0.25, 0.3) is 11.3 Å². The molecular weight excluding hydrogens is 448 g/mol. The van der Waals surface area contributed by atoms with Gasteiger partial charge in [0.2, 0.25) is 11.9 Å². The number of anilines is 1. The zero-order chi connectivity index (χ0) is 24.3. The predicted molar refractivity (Wildman–Crippen MR) is 140 cm³/mol. The van der Waals surface area contributed by atoms with Gasteiger partial charge in [-0.05, 0) is 60.4 Å². The number of para-hydroxylation sites is 1. The average Bonchev–Trinajstić information content (AvgIpc) is 3.76. The van der Waals surface area contributed by atoms with Crippen LogP contribution >= 0.6 is 0 Å². The minimum absolute atomic E-state index is 0.132. The van der Waals surface area contributed by atoms with E-state index in [0.717, 1.165) is 42.3 Å². The van der Waals surface area contributed by atoms with Crippen LogP contribution in [0.2, 0.25) is 0 Å². The van der Waals surface area contributed by atoms with Crippen molar-refractivity contribution in [2.75, 3.05) is 31.1 Å². The van der Waals surface area contributed by atoms with Crippen molar-refractivity contribution < 1.29 is 9.53 Å². The molecule has 0 bridgehead atoms. The fraction of sp³-hybridized carbons (Fsp3) is 0.233. The molecule has 4 aromatic rings. The Morgan fingerprint density at radius 2 is 1.44 bits per heavy atom. The number of aromatic nitrogens is 2. The fourth-order valence-electron chi connectivity index (χ4n) is 4.88. The predicted octanol–water partition coefficient (Wildman–Crippen LogP) is 5.39. The summed E-state index contributed by atoms with van der Waals surface area (Å²) in [5.41, 5.74) is 3.15. The van der Waals surface area contributed by atoms with Gasteiger partial charge in [0, 0.05) is 43.9 Å². The fourth-order valence-corrected chi connectivity index (χ4v) is 4.88. The van der Waals surface area contributed by atoms with Crippen LogP contribution in [0.5, 0.6) is 11.5 Å². The normalized spacial score (nSPS) is 19.1. The summed E-state index contributed by atoms with van der Waals surface area (Å²) in [6.45, 7) is 2.88. The van der Waals surface area contributed by atoms with Crippen LogP contribution in [0.15, 0.2) is 97.2 Å². The van der Waals surface area contributed by atoms with E-state index < -0.39 is 0 Å². The molecule has 2 fully saturated rings. The SMILES string of the molecule is O=C(C1C[C@H]1c1ccccc1)N1CCN(c2nccc(-c3ccc(Oc4ccccc4)cc3)n2)CC1. The van der Waals surface area contributed by atoms with E-state index in [1.54, 1.807) is 6.20 Å². The summed E-state index contributed by atoms with van der Waals surface area (Å²) in [6.07, 6.45) is 2.77. The molecule has 1 amide bonds. The Morgan fingerprint density at radius 1 is 0.778 bits per heavy atom. The van der Waals surface area contributed by atoms with E-state index in [-0.39, 0.29) is 11.8 Å². The first-order chi connectivity index (χ1) is 17.7. The first-order valence-corrected chi connectivity index (χ1v) is 12.5. The van der Waals surface area contributed by atoms with Crippen LogP contribution < -0.4 is 9.64 Å². The molecule has 1 aliphatic carbocycles. The van der Waals surface area contributed by atoms with Crippen molar-refractivity contribution in [3.05, 3.63) is 103 Å². The van der Waals surface area contributed by atoms with E-state index in [4.69, 9.17) is 9.72 Å². The molecule has 1 unspecified atom stereocenters. The molecule has 0 radical (unpaired) electrons. The molecule has 6 rings (SSSR count). The number of rotatable bonds is 6. The van der Waals surface area contributed by atoms with Gasteiger partial charge in [0.1, 0.15) is 11.5 Å². The van der Waals surface area contributed by atoms with Crippen molar-refractivity contribution >= 4 is 11.9 Å². The first kappa shape index (κ1) is 22.3. The average molecular weight is 477 g/mol. The van der Waals surface area contributed by atoms with E-state index in [1.165, 1.54) is 5.56 Å². The standard InChI is InChI=1S/C30H28N4O2/c35-29(27-21-26(27)22-7-3-1-4-8-22)33-17-19-34(20-18-33)30-31-16-15-28(32-30)23-11-13-25(14-12-23)36-24-9-5-2-6-10-24/h1-16,26-27H,17-21H2/t26-,27?/m0/s1. The lowest BCUT2D eigenvalue weighted by atomic mass is 10.1. The molecule has 6 heteroatoms. The van der Waals surface area contributed by atoms with Crippen LogP contribution in [0.4, 0.5) is 5.95 Å². The topological polar surface area (TPSA) is 58.6 Å². The highest BCUT2D eigenvalue weighted by molar-refractivity contribution is 5.83. The smallest absolute Gasteiger partial charge is 0.226 e. The van der Waals surface area contributed by atoms with E-state index in [9.17, 15) is 4.79 Å². The highest BCUT2D eigenvalue weighted by Gasteiger charge is 2.46. The third-order valence-corrected chi connectivity index (χ3v) is 6.98. The third kappa shape index (κ3) is 4.80. The maximum Gasteiger partial charge on any atom is 0.226 e. The Labute approximate surface area is 211 Å². The number of carbonyl (C=O) groups is 1. The molecule has 1 aromatic heterocycles. The molecule has 6 nitrogen and oxygen atoms in total. The summed E-state index contributed by atoms with van der Waals surface area (Å²) in [5.74, 6) is 3.09. The van der Waals surface area contributed by atoms with E-state index in [0.29, 0.717) is 25.0 Å². The summed E-state index contributed by atoms with van der Waals surface area (Å²) in [5, 5.41) is 0. The van der Waals surface area contributed by atoms with Crippen molar-refractivity contribution in [2.45, 2.75) is 12.3 Å². The minimum atomic E-state index is 0.132. The number of benzene rings is 3. The number of piperazine rings is 1. The van der Waals surface area contributed by atoms with Gasteiger partial charge < -0.3 is 14.5 Å². The summed E-state index contributed by atoms with van der Waals surface area (Å²) < 4.78 is 5.90. The minimum Gasteiger partial charge on any atom is -0.457 e. The van der Waals surface area contributed by atoms with Gasteiger partial charge in [-0.15, -0.1) is 0 Å². The summed E-state index contributed by atoms with van der Waals surface area (Å²) in [6, 6.07) is 30.0. The number of hydrogen-bond acceptors (Lipinski definition) is 5. The number of hydrogen-bond donors (Lipinski definition) is 0. The lowest BCUT2D eigenvalue weighted by Crippen LogP contribution is -2.49. The van der Waals surface area contributed by atoms with E-state index in [1.807, 2.05) is 71.6 Å². The molecule has 2 atom stereocenters. The third-order valence-electron chi connectivity index (χ3n) is 6.98. The molecular formula is C30H28N4O2. The molecule has 36 heavy (non-hydrogen) atoms. The molecule has 2 aliphatic rings. The summed E-state index contributed by atoms with van der Waals surface area (Å²) >= 11 is 0. The summed E-state index contributed by atoms with van der Waals surface area (Å²) in [7, 11) is 0. The van der Waals surface area contributed by atoms with Gasteiger partial charge in [-0.3, -0.25) is 4.79 Å². The Kier molecular flexibility index (Phi) is 6.08. The van der Waals surface area contributed by atoms with Gasteiger partial charge >= 0.3 is 0 Å². The molecule has 2 heterocycles. The van der Waals surface area contributed by atoms with Crippen LogP contribution in [0.3, 0.4) is 0 Å².